The monoisotopic (exact) mass is 241 g/mol. The average molecular weight is 241 g/mol. The molecular formula is C12H19NO4. The van der Waals surface area contributed by atoms with Crippen LogP contribution in [0.2, 0.25) is 0 Å². The summed E-state index contributed by atoms with van der Waals surface area (Å²) in [5.41, 5.74) is 0.424. The minimum atomic E-state index is -0.395. The molecule has 0 bridgehead atoms. The predicted octanol–water partition coefficient (Wildman–Crippen LogP) is 1.17. The number of ether oxygens (including phenoxy) is 1. The van der Waals surface area contributed by atoms with E-state index in [0.717, 1.165) is 13.0 Å². The molecule has 1 aromatic heterocycles. The van der Waals surface area contributed by atoms with Gasteiger partial charge < -0.3 is 19.6 Å². The van der Waals surface area contributed by atoms with Gasteiger partial charge in [-0.05, 0) is 24.9 Å². The summed E-state index contributed by atoms with van der Waals surface area (Å²) in [6.07, 6.45) is 2.17. The van der Waals surface area contributed by atoms with Gasteiger partial charge in [-0.25, -0.2) is 4.79 Å². The molecule has 0 saturated heterocycles. The van der Waals surface area contributed by atoms with E-state index in [1.165, 1.54) is 13.4 Å². The van der Waals surface area contributed by atoms with E-state index in [-0.39, 0.29) is 6.61 Å². The summed E-state index contributed by atoms with van der Waals surface area (Å²) in [5, 5.41) is 11.9. The fraction of sp³-hybridized carbons (Fsp3) is 0.583. The molecule has 0 aliphatic rings. The number of hydrogen-bond donors (Lipinski definition) is 2. The zero-order chi connectivity index (χ0) is 12.7. The molecule has 0 aliphatic heterocycles. The van der Waals surface area contributed by atoms with Gasteiger partial charge in [0.1, 0.15) is 12.0 Å². The lowest BCUT2D eigenvalue weighted by Gasteiger charge is -2.09. The van der Waals surface area contributed by atoms with E-state index in [9.17, 15) is 4.79 Å². The van der Waals surface area contributed by atoms with Gasteiger partial charge in [0.05, 0.1) is 19.2 Å². The molecule has 5 heteroatoms. The van der Waals surface area contributed by atoms with Crippen LogP contribution in [0.15, 0.2) is 16.7 Å². The van der Waals surface area contributed by atoms with Crippen molar-refractivity contribution in [1.29, 1.82) is 0 Å². The molecule has 1 aromatic rings. The first-order chi connectivity index (χ1) is 8.17. The highest BCUT2D eigenvalue weighted by Crippen LogP contribution is 2.09. The van der Waals surface area contributed by atoms with Crippen molar-refractivity contribution in [2.24, 2.45) is 5.92 Å². The van der Waals surface area contributed by atoms with Crippen LogP contribution in [0.3, 0.4) is 0 Å². The third-order valence-corrected chi connectivity index (χ3v) is 2.49. The highest BCUT2D eigenvalue weighted by atomic mass is 16.5. The zero-order valence-corrected chi connectivity index (χ0v) is 10.2. The van der Waals surface area contributed by atoms with Crippen molar-refractivity contribution in [3.63, 3.8) is 0 Å². The fourth-order valence-electron chi connectivity index (χ4n) is 1.46. The number of nitrogens with one attached hydrogen (secondary N) is 1. The number of rotatable bonds is 7. The Balaban J connectivity index is 2.32. The quantitative estimate of drug-likeness (QED) is 0.701. The van der Waals surface area contributed by atoms with Crippen LogP contribution < -0.4 is 5.32 Å². The second-order valence-corrected chi connectivity index (χ2v) is 4.04. The summed E-state index contributed by atoms with van der Waals surface area (Å²) in [5.74, 6) is 0.713. The molecule has 0 aromatic carbocycles. The Bertz CT molecular complexity index is 348. The molecule has 0 amide bonds. The van der Waals surface area contributed by atoms with E-state index < -0.39 is 5.97 Å². The second-order valence-electron chi connectivity index (χ2n) is 4.04. The Kier molecular flexibility index (Phi) is 5.72. The summed E-state index contributed by atoms with van der Waals surface area (Å²) >= 11 is 0. The van der Waals surface area contributed by atoms with Crippen LogP contribution >= 0.6 is 0 Å². The van der Waals surface area contributed by atoms with Gasteiger partial charge in [0.25, 0.3) is 0 Å². The molecule has 2 N–H and O–H groups in total. The SMILES string of the molecule is COC(=O)c1coc(CNCC(C)CCO)c1. The summed E-state index contributed by atoms with van der Waals surface area (Å²) in [6.45, 7) is 3.63. The Morgan fingerprint density at radius 2 is 2.41 bits per heavy atom. The highest BCUT2D eigenvalue weighted by molar-refractivity contribution is 5.88. The molecule has 0 aliphatic carbocycles. The molecule has 1 heterocycles. The predicted molar refractivity (Wildman–Crippen MR) is 62.6 cm³/mol. The van der Waals surface area contributed by atoms with Crippen molar-refractivity contribution in [2.75, 3.05) is 20.3 Å². The number of aliphatic hydroxyl groups is 1. The number of furan rings is 1. The number of aliphatic hydroxyl groups excluding tert-OH is 1. The van der Waals surface area contributed by atoms with Gasteiger partial charge in [0.2, 0.25) is 0 Å². The molecule has 1 rings (SSSR count). The average Bonchev–Trinajstić information content (AvgIpc) is 2.77. The van der Waals surface area contributed by atoms with Crippen molar-refractivity contribution in [1.82, 2.24) is 5.32 Å². The largest absolute Gasteiger partial charge is 0.467 e. The molecule has 0 spiro atoms. The van der Waals surface area contributed by atoms with Crippen LogP contribution in [0.25, 0.3) is 0 Å². The first-order valence-corrected chi connectivity index (χ1v) is 5.64. The number of esters is 1. The molecule has 1 unspecified atom stereocenters. The minimum absolute atomic E-state index is 0.204. The van der Waals surface area contributed by atoms with E-state index in [2.05, 4.69) is 17.0 Å². The van der Waals surface area contributed by atoms with Gasteiger partial charge in [-0.3, -0.25) is 0 Å². The van der Waals surface area contributed by atoms with E-state index in [1.807, 2.05) is 0 Å². The number of carbonyl (C=O) groups is 1. The summed E-state index contributed by atoms with van der Waals surface area (Å²) < 4.78 is 9.79. The van der Waals surface area contributed by atoms with Crippen molar-refractivity contribution in [3.8, 4) is 0 Å². The van der Waals surface area contributed by atoms with Crippen LogP contribution in [0.1, 0.15) is 29.5 Å². The third-order valence-electron chi connectivity index (χ3n) is 2.49. The smallest absolute Gasteiger partial charge is 0.341 e. The van der Waals surface area contributed by atoms with Gasteiger partial charge in [-0.2, -0.15) is 0 Å². The van der Waals surface area contributed by atoms with Gasteiger partial charge in [-0.15, -0.1) is 0 Å². The molecule has 1 atom stereocenters. The van der Waals surface area contributed by atoms with Crippen LogP contribution in [-0.4, -0.2) is 31.3 Å². The maximum absolute atomic E-state index is 11.2. The summed E-state index contributed by atoms with van der Waals surface area (Å²) in [4.78, 5) is 11.2. The van der Waals surface area contributed by atoms with Crippen LogP contribution in [0, 0.1) is 5.92 Å². The molecule has 5 nitrogen and oxygen atoms in total. The van der Waals surface area contributed by atoms with Crippen molar-refractivity contribution >= 4 is 5.97 Å². The van der Waals surface area contributed by atoms with E-state index in [0.29, 0.717) is 23.8 Å². The van der Waals surface area contributed by atoms with Crippen LogP contribution in [0.4, 0.5) is 0 Å². The van der Waals surface area contributed by atoms with Gasteiger partial charge in [0, 0.05) is 6.61 Å². The molecule has 0 saturated carbocycles. The van der Waals surface area contributed by atoms with Crippen molar-refractivity contribution in [2.45, 2.75) is 19.9 Å². The van der Waals surface area contributed by atoms with Gasteiger partial charge in [-0.1, -0.05) is 6.92 Å². The molecule has 0 fully saturated rings. The summed E-state index contributed by atoms with van der Waals surface area (Å²) in [7, 11) is 1.34. The standard InChI is InChI=1S/C12H19NO4/c1-9(3-4-14)6-13-7-11-5-10(8-17-11)12(15)16-2/h5,8-9,13-14H,3-4,6-7H2,1-2H3. The maximum Gasteiger partial charge on any atom is 0.341 e. The van der Waals surface area contributed by atoms with Crippen LogP contribution in [0.5, 0.6) is 0 Å². The van der Waals surface area contributed by atoms with Crippen molar-refractivity contribution in [3.05, 3.63) is 23.7 Å². The molecule has 96 valence electrons. The highest BCUT2D eigenvalue weighted by Gasteiger charge is 2.10. The topological polar surface area (TPSA) is 71.7 Å². The second kappa shape index (κ2) is 7.09. The fourth-order valence-corrected chi connectivity index (χ4v) is 1.46. The molecular weight excluding hydrogens is 222 g/mol. The normalized spacial score (nSPS) is 12.4. The first kappa shape index (κ1) is 13.7. The lowest BCUT2D eigenvalue weighted by atomic mass is 10.1. The number of hydrogen-bond acceptors (Lipinski definition) is 5. The van der Waals surface area contributed by atoms with E-state index >= 15 is 0 Å². The minimum Gasteiger partial charge on any atom is -0.467 e. The Morgan fingerprint density at radius 1 is 1.65 bits per heavy atom. The van der Waals surface area contributed by atoms with Crippen LogP contribution in [-0.2, 0) is 11.3 Å². The Hall–Kier alpha value is -1.33. The van der Waals surface area contributed by atoms with Gasteiger partial charge >= 0.3 is 5.97 Å². The lowest BCUT2D eigenvalue weighted by molar-refractivity contribution is 0.0600. The van der Waals surface area contributed by atoms with Crippen molar-refractivity contribution < 1.29 is 19.1 Å². The Morgan fingerprint density at radius 3 is 3.06 bits per heavy atom. The van der Waals surface area contributed by atoms with Gasteiger partial charge in [0.15, 0.2) is 0 Å². The van der Waals surface area contributed by atoms with E-state index in [1.54, 1.807) is 6.07 Å². The molecule has 17 heavy (non-hydrogen) atoms. The summed E-state index contributed by atoms with van der Waals surface area (Å²) in [6, 6.07) is 1.66. The third kappa shape index (κ3) is 4.58. The number of carbonyl (C=O) groups excluding carboxylic acids is 1. The Labute approximate surface area is 101 Å². The number of methoxy groups -OCH3 is 1. The first-order valence-electron chi connectivity index (χ1n) is 5.64. The maximum atomic E-state index is 11.2. The zero-order valence-electron chi connectivity index (χ0n) is 10.2. The lowest BCUT2D eigenvalue weighted by Crippen LogP contribution is -2.21. The van der Waals surface area contributed by atoms with E-state index in [4.69, 9.17) is 9.52 Å². The molecule has 0 radical (unpaired) electrons.